The summed E-state index contributed by atoms with van der Waals surface area (Å²) in [7, 11) is 1.78. The maximum atomic E-state index is 13.7. The number of amides is 1. The van der Waals surface area contributed by atoms with Crippen molar-refractivity contribution in [2.75, 3.05) is 0 Å². The molecule has 26 heavy (non-hydrogen) atoms. The van der Waals surface area contributed by atoms with Gasteiger partial charge in [-0.2, -0.15) is 5.10 Å². The fourth-order valence-electron chi connectivity index (χ4n) is 3.26. The van der Waals surface area contributed by atoms with E-state index in [1.807, 2.05) is 19.1 Å². The Labute approximate surface area is 154 Å². The molecule has 3 heterocycles. The number of furan rings is 1. The van der Waals surface area contributed by atoms with Crippen molar-refractivity contribution >= 4 is 17.7 Å². The van der Waals surface area contributed by atoms with Gasteiger partial charge in [-0.3, -0.25) is 9.48 Å². The molecule has 1 amide bonds. The van der Waals surface area contributed by atoms with E-state index in [9.17, 15) is 9.18 Å². The van der Waals surface area contributed by atoms with Crippen molar-refractivity contribution in [2.24, 2.45) is 7.05 Å². The van der Waals surface area contributed by atoms with Crippen LogP contribution in [0.15, 0.2) is 45.9 Å². The molecule has 0 radical (unpaired) electrons. The first kappa shape index (κ1) is 16.9. The van der Waals surface area contributed by atoms with Gasteiger partial charge >= 0.3 is 0 Å². The quantitative estimate of drug-likeness (QED) is 0.758. The van der Waals surface area contributed by atoms with E-state index in [1.54, 1.807) is 35.8 Å². The Hall–Kier alpha value is -2.54. The summed E-state index contributed by atoms with van der Waals surface area (Å²) in [4.78, 5) is 13.7. The highest BCUT2D eigenvalue weighted by Crippen LogP contribution is 2.42. The van der Waals surface area contributed by atoms with Gasteiger partial charge in [0.05, 0.1) is 12.0 Å². The first-order chi connectivity index (χ1) is 12.5. The second-order valence-corrected chi connectivity index (χ2v) is 7.40. The number of aromatic nitrogens is 2. The van der Waals surface area contributed by atoms with Gasteiger partial charge in [0.15, 0.2) is 5.69 Å². The van der Waals surface area contributed by atoms with Crippen LogP contribution >= 0.6 is 11.8 Å². The van der Waals surface area contributed by atoms with Crippen LogP contribution in [-0.4, -0.2) is 21.7 Å². The van der Waals surface area contributed by atoms with E-state index in [-0.39, 0.29) is 17.8 Å². The highest BCUT2D eigenvalue weighted by atomic mass is 32.2. The summed E-state index contributed by atoms with van der Waals surface area (Å²) in [5.74, 6) is 0.940. The van der Waals surface area contributed by atoms with E-state index in [1.165, 1.54) is 12.1 Å². The Morgan fingerprint density at radius 3 is 3.08 bits per heavy atom. The Morgan fingerprint density at radius 2 is 2.31 bits per heavy atom. The summed E-state index contributed by atoms with van der Waals surface area (Å²) in [5, 5.41) is 7.39. The molecule has 1 N–H and O–H groups in total. The molecular weight excluding hydrogens is 353 g/mol. The number of carbonyl (C=O) groups is 1. The van der Waals surface area contributed by atoms with Crippen LogP contribution < -0.4 is 5.32 Å². The predicted molar refractivity (Wildman–Crippen MR) is 97.5 cm³/mol. The molecule has 0 spiro atoms. The number of aryl methyl sites for hydroxylation is 1. The number of fused-ring (bicyclic) bond motifs is 3. The number of hydrogen-bond acceptors (Lipinski definition) is 4. The summed E-state index contributed by atoms with van der Waals surface area (Å²) < 4.78 is 20.7. The fraction of sp³-hybridized carbons (Fsp3) is 0.263. The lowest BCUT2D eigenvalue weighted by Crippen LogP contribution is -2.34. The lowest BCUT2D eigenvalue weighted by atomic mass is 10.1. The third-order valence-electron chi connectivity index (χ3n) is 4.39. The molecule has 1 atom stereocenters. The third kappa shape index (κ3) is 3.03. The van der Waals surface area contributed by atoms with Gasteiger partial charge in [0.1, 0.15) is 11.6 Å². The zero-order valence-corrected chi connectivity index (χ0v) is 15.3. The maximum Gasteiger partial charge on any atom is 0.272 e. The van der Waals surface area contributed by atoms with Crippen LogP contribution in [0.3, 0.4) is 0 Å². The fourth-order valence-corrected chi connectivity index (χ4v) is 4.31. The number of hydrogen-bond donors (Lipinski definition) is 1. The molecule has 0 saturated heterocycles. The van der Waals surface area contributed by atoms with Crippen molar-refractivity contribution in [2.45, 2.75) is 30.0 Å². The normalized spacial score (nSPS) is 13.8. The molecule has 0 aliphatic carbocycles. The van der Waals surface area contributed by atoms with E-state index >= 15 is 0 Å². The Bertz CT molecular complexity index is 966. The van der Waals surface area contributed by atoms with Gasteiger partial charge in [-0.15, -0.1) is 11.8 Å². The van der Waals surface area contributed by atoms with Crippen molar-refractivity contribution in [1.29, 1.82) is 0 Å². The molecule has 0 bridgehead atoms. The van der Waals surface area contributed by atoms with Crippen LogP contribution in [-0.2, 0) is 19.2 Å². The van der Waals surface area contributed by atoms with Gasteiger partial charge in [0.2, 0.25) is 0 Å². The molecule has 1 aromatic carbocycles. The van der Waals surface area contributed by atoms with Crippen LogP contribution in [0.25, 0.3) is 11.3 Å². The van der Waals surface area contributed by atoms with Crippen LogP contribution in [0.2, 0.25) is 0 Å². The molecule has 1 aliphatic heterocycles. The molecule has 0 saturated carbocycles. The zero-order valence-electron chi connectivity index (χ0n) is 14.5. The summed E-state index contributed by atoms with van der Waals surface area (Å²) in [6.07, 6.45) is 2.23. The minimum Gasteiger partial charge on any atom is -0.469 e. The van der Waals surface area contributed by atoms with Crippen molar-refractivity contribution in [3.8, 4) is 11.3 Å². The topological polar surface area (TPSA) is 60.1 Å². The monoisotopic (exact) mass is 371 g/mol. The molecule has 0 fully saturated rings. The van der Waals surface area contributed by atoms with Crippen LogP contribution in [0.5, 0.6) is 0 Å². The molecule has 3 aromatic rings. The second kappa shape index (κ2) is 6.64. The highest BCUT2D eigenvalue weighted by molar-refractivity contribution is 7.98. The summed E-state index contributed by atoms with van der Waals surface area (Å²) in [5.41, 5.74) is 2.84. The lowest BCUT2D eigenvalue weighted by Gasteiger charge is -2.17. The van der Waals surface area contributed by atoms with Crippen LogP contribution in [0, 0.1) is 5.82 Å². The van der Waals surface area contributed by atoms with E-state index in [0.717, 1.165) is 27.5 Å². The minimum absolute atomic E-state index is 0.0905. The number of carbonyl (C=O) groups excluding carboxylic acids is 1. The smallest absolute Gasteiger partial charge is 0.272 e. The van der Waals surface area contributed by atoms with Crippen molar-refractivity contribution in [3.63, 3.8) is 0 Å². The van der Waals surface area contributed by atoms with Gasteiger partial charge in [-0.1, -0.05) is 0 Å². The molecular formula is C19H18FN3O2S. The number of nitrogens with zero attached hydrogens (tertiary/aromatic N) is 2. The van der Waals surface area contributed by atoms with Crippen LogP contribution in [0.1, 0.15) is 28.7 Å². The van der Waals surface area contributed by atoms with E-state index in [0.29, 0.717) is 17.9 Å². The minimum atomic E-state index is -0.295. The first-order valence-corrected chi connectivity index (χ1v) is 9.33. The average Bonchev–Trinajstić information content (AvgIpc) is 3.22. The van der Waals surface area contributed by atoms with Crippen molar-refractivity contribution in [1.82, 2.24) is 15.1 Å². The lowest BCUT2D eigenvalue weighted by molar-refractivity contribution is 0.0933. The number of nitrogens with one attached hydrogen (secondary N) is 1. The number of halogens is 1. The Balaban J connectivity index is 1.61. The van der Waals surface area contributed by atoms with E-state index in [4.69, 9.17) is 4.42 Å². The van der Waals surface area contributed by atoms with Crippen molar-refractivity contribution in [3.05, 3.63) is 59.4 Å². The first-order valence-electron chi connectivity index (χ1n) is 8.34. The molecule has 5 nitrogen and oxygen atoms in total. The van der Waals surface area contributed by atoms with E-state index in [2.05, 4.69) is 10.4 Å². The summed E-state index contributed by atoms with van der Waals surface area (Å²) in [6.45, 7) is 1.93. The average molecular weight is 371 g/mol. The number of benzene rings is 1. The van der Waals surface area contributed by atoms with Gasteiger partial charge in [0.25, 0.3) is 5.91 Å². The number of rotatable bonds is 4. The van der Waals surface area contributed by atoms with Gasteiger partial charge in [-0.05, 0) is 37.3 Å². The molecule has 4 rings (SSSR count). The van der Waals surface area contributed by atoms with Gasteiger partial charge in [-0.25, -0.2) is 4.39 Å². The third-order valence-corrected chi connectivity index (χ3v) is 5.49. The largest absolute Gasteiger partial charge is 0.469 e. The van der Waals surface area contributed by atoms with Gasteiger partial charge < -0.3 is 9.73 Å². The SMILES string of the molecule is CC(Cc1ccco1)NC(=O)c1nn(C)c2c1CSc1ccc(F)cc1-2. The Morgan fingerprint density at radius 1 is 1.46 bits per heavy atom. The molecule has 2 aromatic heterocycles. The van der Waals surface area contributed by atoms with Crippen molar-refractivity contribution < 1.29 is 13.6 Å². The maximum absolute atomic E-state index is 13.7. The molecule has 1 aliphatic rings. The zero-order chi connectivity index (χ0) is 18.3. The molecule has 1 unspecified atom stereocenters. The van der Waals surface area contributed by atoms with E-state index < -0.39 is 0 Å². The molecule has 134 valence electrons. The predicted octanol–water partition coefficient (Wildman–Crippen LogP) is 3.79. The molecule has 7 heteroatoms. The number of thioether (sulfide) groups is 1. The standard InChI is InChI=1S/C19H18FN3O2S/c1-11(8-13-4-3-7-25-13)21-19(24)17-15-10-26-16-6-5-12(20)9-14(16)18(15)23(2)22-17/h3-7,9,11H,8,10H2,1-2H3,(H,21,24). The summed E-state index contributed by atoms with van der Waals surface area (Å²) in [6, 6.07) is 8.35. The second-order valence-electron chi connectivity index (χ2n) is 6.39. The van der Waals surface area contributed by atoms with Crippen LogP contribution in [0.4, 0.5) is 4.39 Å². The highest BCUT2D eigenvalue weighted by Gasteiger charge is 2.28. The Kier molecular flexibility index (Phi) is 4.32. The summed E-state index contributed by atoms with van der Waals surface area (Å²) >= 11 is 1.59. The van der Waals surface area contributed by atoms with Gasteiger partial charge in [0, 0.05) is 41.3 Å².